The van der Waals surface area contributed by atoms with Crippen LogP contribution >= 0.6 is 0 Å². The molecule has 15 heavy (non-hydrogen) atoms. The van der Waals surface area contributed by atoms with Gasteiger partial charge in [0, 0.05) is 6.07 Å². The minimum Gasteiger partial charge on any atom is -0.426 e. The Bertz CT molecular complexity index is 413. The minimum absolute atomic E-state index is 0.0485. The van der Waals surface area contributed by atoms with Crippen LogP contribution in [-0.4, -0.2) is 5.97 Å². The Kier molecular flexibility index (Phi) is 2.14. The molecule has 0 spiro atoms. The Morgan fingerprint density at radius 1 is 1.53 bits per heavy atom. The van der Waals surface area contributed by atoms with Gasteiger partial charge in [-0.2, -0.15) is 0 Å². The molecule has 0 radical (unpaired) electrons. The van der Waals surface area contributed by atoms with E-state index in [1.54, 1.807) is 0 Å². The van der Waals surface area contributed by atoms with Crippen molar-refractivity contribution in [2.24, 2.45) is 5.41 Å². The summed E-state index contributed by atoms with van der Waals surface area (Å²) < 4.78 is 18.1. The van der Waals surface area contributed by atoms with Crippen molar-refractivity contribution in [1.82, 2.24) is 0 Å². The van der Waals surface area contributed by atoms with E-state index < -0.39 is 5.82 Å². The van der Waals surface area contributed by atoms with Gasteiger partial charge < -0.3 is 10.5 Å². The normalized spacial score (nSPS) is 17.2. The lowest BCUT2D eigenvalue weighted by molar-refractivity contribution is -0.139. The monoisotopic (exact) mass is 209 g/mol. The van der Waals surface area contributed by atoms with Crippen LogP contribution in [0.1, 0.15) is 19.8 Å². The number of rotatable bonds is 2. The molecule has 1 aliphatic carbocycles. The molecule has 0 atom stereocenters. The van der Waals surface area contributed by atoms with Crippen molar-refractivity contribution in [3.8, 4) is 5.75 Å². The Balaban J connectivity index is 2.11. The zero-order valence-corrected chi connectivity index (χ0v) is 8.42. The molecule has 1 aromatic rings. The van der Waals surface area contributed by atoms with Crippen LogP contribution in [0.3, 0.4) is 0 Å². The smallest absolute Gasteiger partial charge is 0.317 e. The standard InChI is InChI=1S/C11H12FNO2/c1-11(4-5-11)10(14)15-7-2-3-9(13)8(12)6-7/h2-3,6H,4-5,13H2,1H3. The van der Waals surface area contributed by atoms with Gasteiger partial charge in [0.25, 0.3) is 0 Å². The third-order valence-electron chi connectivity index (χ3n) is 2.68. The summed E-state index contributed by atoms with van der Waals surface area (Å²) in [6.45, 7) is 1.84. The van der Waals surface area contributed by atoms with E-state index >= 15 is 0 Å². The van der Waals surface area contributed by atoms with Gasteiger partial charge in [-0.3, -0.25) is 4.79 Å². The molecule has 0 bridgehead atoms. The average molecular weight is 209 g/mol. The van der Waals surface area contributed by atoms with Gasteiger partial charge in [-0.25, -0.2) is 4.39 Å². The predicted molar refractivity (Wildman–Crippen MR) is 53.8 cm³/mol. The summed E-state index contributed by atoms with van der Waals surface area (Å²) in [6, 6.07) is 3.99. The number of ether oxygens (including phenoxy) is 1. The third-order valence-corrected chi connectivity index (χ3v) is 2.68. The first kappa shape index (κ1) is 9.96. The molecule has 1 fully saturated rings. The van der Waals surface area contributed by atoms with E-state index in [9.17, 15) is 9.18 Å². The van der Waals surface area contributed by atoms with Crippen LogP contribution in [0.2, 0.25) is 0 Å². The maximum Gasteiger partial charge on any atom is 0.317 e. The van der Waals surface area contributed by atoms with Gasteiger partial charge in [-0.1, -0.05) is 0 Å². The molecule has 2 rings (SSSR count). The van der Waals surface area contributed by atoms with Crippen molar-refractivity contribution < 1.29 is 13.9 Å². The molecule has 0 aliphatic heterocycles. The quantitative estimate of drug-likeness (QED) is 0.461. The van der Waals surface area contributed by atoms with Crippen LogP contribution in [0.5, 0.6) is 5.75 Å². The van der Waals surface area contributed by atoms with Crippen molar-refractivity contribution in [2.45, 2.75) is 19.8 Å². The van der Waals surface area contributed by atoms with E-state index in [4.69, 9.17) is 10.5 Å². The van der Waals surface area contributed by atoms with Gasteiger partial charge in [0.1, 0.15) is 11.6 Å². The average Bonchev–Trinajstić information content (AvgIpc) is 2.92. The molecule has 1 saturated carbocycles. The first-order valence-electron chi connectivity index (χ1n) is 4.79. The molecule has 0 heterocycles. The predicted octanol–water partition coefficient (Wildman–Crippen LogP) is 2.11. The molecule has 0 unspecified atom stereocenters. The second-order valence-electron chi connectivity index (χ2n) is 4.13. The van der Waals surface area contributed by atoms with Crippen LogP contribution in [0, 0.1) is 11.2 Å². The number of esters is 1. The van der Waals surface area contributed by atoms with Crippen LogP contribution in [0.25, 0.3) is 0 Å². The summed E-state index contributed by atoms with van der Waals surface area (Å²) in [5, 5.41) is 0. The maximum absolute atomic E-state index is 13.0. The van der Waals surface area contributed by atoms with Crippen molar-refractivity contribution in [1.29, 1.82) is 0 Å². The van der Waals surface area contributed by atoms with Crippen LogP contribution < -0.4 is 10.5 Å². The number of nitrogen functional groups attached to an aromatic ring is 1. The van der Waals surface area contributed by atoms with Crippen molar-refractivity contribution >= 4 is 11.7 Å². The highest BCUT2D eigenvalue weighted by Gasteiger charge is 2.46. The largest absolute Gasteiger partial charge is 0.426 e. The summed E-state index contributed by atoms with van der Waals surface area (Å²) in [4.78, 5) is 11.5. The van der Waals surface area contributed by atoms with Gasteiger partial charge >= 0.3 is 5.97 Å². The molecule has 80 valence electrons. The Morgan fingerprint density at radius 3 is 2.73 bits per heavy atom. The summed E-state index contributed by atoms with van der Waals surface area (Å²) in [5.74, 6) is -0.659. The lowest BCUT2D eigenvalue weighted by atomic mass is 10.1. The first-order valence-corrected chi connectivity index (χ1v) is 4.79. The van der Waals surface area contributed by atoms with Crippen LogP contribution in [0.15, 0.2) is 18.2 Å². The van der Waals surface area contributed by atoms with Crippen LogP contribution in [0.4, 0.5) is 10.1 Å². The van der Waals surface area contributed by atoms with E-state index in [0.717, 1.165) is 18.9 Å². The molecule has 0 amide bonds. The second kappa shape index (κ2) is 3.22. The Hall–Kier alpha value is -1.58. The fourth-order valence-corrected chi connectivity index (χ4v) is 1.19. The van der Waals surface area contributed by atoms with Gasteiger partial charge in [-0.05, 0) is 31.9 Å². The highest BCUT2D eigenvalue weighted by atomic mass is 19.1. The number of nitrogens with two attached hydrogens (primary N) is 1. The molecule has 1 aromatic carbocycles. The maximum atomic E-state index is 13.0. The Labute approximate surface area is 87.0 Å². The number of anilines is 1. The number of hydrogen-bond acceptors (Lipinski definition) is 3. The van der Waals surface area contributed by atoms with E-state index in [2.05, 4.69) is 0 Å². The summed E-state index contributed by atoms with van der Waals surface area (Å²) >= 11 is 0. The number of carbonyl (C=O) groups excluding carboxylic acids is 1. The van der Waals surface area contributed by atoms with Gasteiger partial charge in [0.05, 0.1) is 11.1 Å². The highest BCUT2D eigenvalue weighted by Crippen LogP contribution is 2.46. The number of carbonyl (C=O) groups is 1. The number of hydrogen-bond donors (Lipinski definition) is 1. The van der Waals surface area contributed by atoms with Crippen LogP contribution in [-0.2, 0) is 4.79 Å². The van der Waals surface area contributed by atoms with E-state index in [-0.39, 0.29) is 22.8 Å². The molecule has 3 nitrogen and oxygen atoms in total. The molecular weight excluding hydrogens is 197 g/mol. The van der Waals surface area contributed by atoms with Crippen molar-refractivity contribution in [2.75, 3.05) is 5.73 Å². The number of benzene rings is 1. The van der Waals surface area contributed by atoms with Crippen molar-refractivity contribution in [3.05, 3.63) is 24.0 Å². The molecule has 4 heteroatoms. The van der Waals surface area contributed by atoms with E-state index in [0.29, 0.717) is 0 Å². The fourth-order valence-electron chi connectivity index (χ4n) is 1.19. The van der Waals surface area contributed by atoms with Gasteiger partial charge in [0.15, 0.2) is 0 Å². The SMILES string of the molecule is CC1(C(=O)Oc2ccc(N)c(F)c2)CC1. The molecular formula is C11H12FNO2. The minimum atomic E-state index is -0.568. The molecule has 0 saturated heterocycles. The summed E-state index contributed by atoms with van der Waals surface area (Å²) in [5.41, 5.74) is 4.99. The molecule has 1 aliphatic rings. The second-order valence-corrected chi connectivity index (χ2v) is 4.13. The molecule has 0 aromatic heterocycles. The topological polar surface area (TPSA) is 52.3 Å². The fraction of sp³-hybridized carbons (Fsp3) is 0.364. The first-order chi connectivity index (χ1) is 7.01. The lowest BCUT2D eigenvalue weighted by Crippen LogP contribution is -2.18. The summed E-state index contributed by atoms with van der Waals surface area (Å²) in [6.07, 6.45) is 1.67. The molecule has 2 N–H and O–H groups in total. The number of halogens is 1. The van der Waals surface area contributed by atoms with E-state index in [1.165, 1.54) is 12.1 Å². The van der Waals surface area contributed by atoms with Gasteiger partial charge in [-0.15, -0.1) is 0 Å². The summed E-state index contributed by atoms with van der Waals surface area (Å²) in [7, 11) is 0. The lowest BCUT2D eigenvalue weighted by Gasteiger charge is -2.08. The zero-order chi connectivity index (χ0) is 11.1. The third kappa shape index (κ3) is 1.93. The van der Waals surface area contributed by atoms with Gasteiger partial charge in [0.2, 0.25) is 0 Å². The van der Waals surface area contributed by atoms with E-state index in [1.807, 2.05) is 6.92 Å². The zero-order valence-electron chi connectivity index (χ0n) is 8.42. The highest BCUT2D eigenvalue weighted by molar-refractivity contribution is 5.81. The van der Waals surface area contributed by atoms with Crippen molar-refractivity contribution in [3.63, 3.8) is 0 Å². The Morgan fingerprint density at radius 2 is 2.20 bits per heavy atom.